The van der Waals surface area contributed by atoms with Gasteiger partial charge in [0.1, 0.15) is 11.4 Å². The van der Waals surface area contributed by atoms with Crippen LogP contribution in [0, 0.1) is 0 Å². The standard InChI is InChI=1S/C10H14N4OS/c1-12-10(15)8-6-13-14(9(8)11)7-2-4-16-5-3-7/h6-7H,1-5,11H2. The molecule has 1 aromatic heterocycles. The van der Waals surface area contributed by atoms with Gasteiger partial charge in [0, 0.05) is 0 Å². The number of carbonyl (C=O) groups is 1. The molecule has 0 atom stereocenters. The molecule has 0 radical (unpaired) electrons. The SMILES string of the molecule is C=NC(=O)c1cnn(C2CCSCC2)c1N. The summed E-state index contributed by atoms with van der Waals surface area (Å²) in [5, 5.41) is 4.18. The number of anilines is 1. The van der Waals surface area contributed by atoms with E-state index in [1.807, 2.05) is 11.8 Å². The summed E-state index contributed by atoms with van der Waals surface area (Å²) in [7, 11) is 0. The number of amides is 1. The van der Waals surface area contributed by atoms with E-state index in [0.29, 0.717) is 17.4 Å². The summed E-state index contributed by atoms with van der Waals surface area (Å²) in [6.45, 7) is 3.20. The molecule has 5 nitrogen and oxygen atoms in total. The quantitative estimate of drug-likeness (QED) is 0.790. The van der Waals surface area contributed by atoms with Gasteiger partial charge in [-0.2, -0.15) is 16.9 Å². The van der Waals surface area contributed by atoms with Crippen LogP contribution in [0.25, 0.3) is 0 Å². The van der Waals surface area contributed by atoms with E-state index in [2.05, 4.69) is 16.8 Å². The molecule has 2 rings (SSSR count). The highest BCUT2D eigenvalue weighted by Crippen LogP contribution is 2.29. The maximum atomic E-state index is 11.4. The van der Waals surface area contributed by atoms with Gasteiger partial charge in [0.05, 0.1) is 12.2 Å². The van der Waals surface area contributed by atoms with E-state index in [4.69, 9.17) is 5.73 Å². The third-order valence-corrected chi connectivity index (χ3v) is 3.79. The van der Waals surface area contributed by atoms with Gasteiger partial charge >= 0.3 is 0 Å². The number of rotatable bonds is 2. The Kier molecular flexibility index (Phi) is 3.28. The van der Waals surface area contributed by atoms with Gasteiger partial charge in [-0.15, -0.1) is 0 Å². The van der Waals surface area contributed by atoms with Crippen LogP contribution in [-0.2, 0) is 0 Å². The molecule has 2 heterocycles. The Hall–Kier alpha value is -1.30. The Labute approximate surface area is 98.1 Å². The van der Waals surface area contributed by atoms with Gasteiger partial charge in [-0.1, -0.05) is 0 Å². The second-order valence-corrected chi connectivity index (χ2v) is 4.92. The first kappa shape index (κ1) is 11.2. The van der Waals surface area contributed by atoms with Gasteiger partial charge in [-0.25, -0.2) is 9.67 Å². The number of nitrogens with zero attached hydrogens (tertiary/aromatic N) is 3. The van der Waals surface area contributed by atoms with Gasteiger partial charge in [-0.05, 0) is 31.1 Å². The van der Waals surface area contributed by atoms with E-state index in [-0.39, 0.29) is 0 Å². The van der Waals surface area contributed by atoms with Crippen molar-refractivity contribution in [3.8, 4) is 0 Å². The second kappa shape index (κ2) is 4.69. The average molecular weight is 238 g/mol. The van der Waals surface area contributed by atoms with Crippen LogP contribution >= 0.6 is 11.8 Å². The van der Waals surface area contributed by atoms with Crippen LogP contribution in [0.4, 0.5) is 5.82 Å². The second-order valence-electron chi connectivity index (χ2n) is 3.69. The molecule has 1 fully saturated rings. The summed E-state index contributed by atoms with van der Waals surface area (Å²) < 4.78 is 1.75. The predicted octanol–water partition coefficient (Wildman–Crippen LogP) is 1.37. The van der Waals surface area contributed by atoms with Crippen molar-refractivity contribution in [2.45, 2.75) is 18.9 Å². The van der Waals surface area contributed by atoms with Crippen molar-refractivity contribution in [2.24, 2.45) is 4.99 Å². The van der Waals surface area contributed by atoms with Gasteiger partial charge in [0.25, 0.3) is 5.91 Å². The minimum Gasteiger partial charge on any atom is -0.383 e. The van der Waals surface area contributed by atoms with Crippen molar-refractivity contribution in [1.82, 2.24) is 9.78 Å². The summed E-state index contributed by atoms with van der Waals surface area (Å²) in [5.41, 5.74) is 6.25. The lowest BCUT2D eigenvalue weighted by atomic mass is 10.1. The molecule has 0 aromatic carbocycles. The van der Waals surface area contributed by atoms with Gasteiger partial charge < -0.3 is 5.73 Å². The fourth-order valence-electron chi connectivity index (χ4n) is 1.84. The number of hydrogen-bond donors (Lipinski definition) is 1. The molecule has 86 valence electrons. The molecule has 16 heavy (non-hydrogen) atoms. The number of aliphatic imine (C=N–C) groups is 1. The van der Waals surface area contributed by atoms with Crippen molar-refractivity contribution in [1.29, 1.82) is 0 Å². The van der Waals surface area contributed by atoms with Gasteiger partial charge in [0.15, 0.2) is 0 Å². The summed E-state index contributed by atoms with van der Waals surface area (Å²) in [6, 6.07) is 0.313. The summed E-state index contributed by atoms with van der Waals surface area (Å²) in [4.78, 5) is 14.7. The largest absolute Gasteiger partial charge is 0.383 e. The monoisotopic (exact) mass is 238 g/mol. The van der Waals surface area contributed by atoms with Crippen molar-refractivity contribution in [2.75, 3.05) is 17.2 Å². The molecule has 1 aliphatic rings. The number of nitrogen functional groups attached to an aromatic ring is 1. The maximum Gasteiger partial charge on any atom is 0.281 e. The molecule has 2 N–H and O–H groups in total. The molecule has 1 saturated heterocycles. The number of aromatic nitrogens is 2. The molecule has 0 saturated carbocycles. The van der Waals surface area contributed by atoms with Crippen molar-refractivity contribution >= 4 is 30.2 Å². The van der Waals surface area contributed by atoms with E-state index in [0.717, 1.165) is 24.3 Å². The third-order valence-electron chi connectivity index (χ3n) is 2.74. The molecule has 1 aliphatic heterocycles. The van der Waals surface area contributed by atoms with E-state index in [1.54, 1.807) is 4.68 Å². The van der Waals surface area contributed by atoms with Crippen molar-refractivity contribution < 1.29 is 4.79 Å². The predicted molar refractivity (Wildman–Crippen MR) is 66.1 cm³/mol. The van der Waals surface area contributed by atoms with Crippen LogP contribution in [0.5, 0.6) is 0 Å². The Bertz CT molecular complexity index is 409. The summed E-state index contributed by atoms with van der Waals surface area (Å²) >= 11 is 1.94. The lowest BCUT2D eigenvalue weighted by molar-refractivity contribution is 0.100. The molecule has 0 spiro atoms. The van der Waals surface area contributed by atoms with Crippen LogP contribution in [-0.4, -0.2) is 33.9 Å². The number of nitrogens with two attached hydrogens (primary N) is 1. The normalized spacial score (nSPS) is 17.2. The summed E-state index contributed by atoms with van der Waals surface area (Å²) in [6.07, 6.45) is 3.57. The first-order chi connectivity index (χ1) is 7.74. The fraction of sp³-hybridized carbons (Fsp3) is 0.500. The molecular weight excluding hydrogens is 224 g/mol. The molecule has 0 unspecified atom stereocenters. The maximum absolute atomic E-state index is 11.4. The number of thioether (sulfide) groups is 1. The van der Waals surface area contributed by atoms with E-state index in [9.17, 15) is 4.79 Å². The van der Waals surface area contributed by atoms with Crippen LogP contribution in [0.3, 0.4) is 0 Å². The highest BCUT2D eigenvalue weighted by Gasteiger charge is 2.21. The third kappa shape index (κ3) is 1.97. The van der Waals surface area contributed by atoms with E-state index < -0.39 is 5.91 Å². The first-order valence-electron chi connectivity index (χ1n) is 5.16. The Morgan fingerprint density at radius 2 is 2.31 bits per heavy atom. The van der Waals surface area contributed by atoms with E-state index >= 15 is 0 Å². The first-order valence-corrected chi connectivity index (χ1v) is 6.31. The van der Waals surface area contributed by atoms with E-state index in [1.165, 1.54) is 6.20 Å². The van der Waals surface area contributed by atoms with Gasteiger partial charge in [0.2, 0.25) is 0 Å². The minimum absolute atomic E-state index is 0.313. The van der Waals surface area contributed by atoms with Crippen molar-refractivity contribution in [3.63, 3.8) is 0 Å². The van der Waals surface area contributed by atoms with Crippen molar-refractivity contribution in [3.05, 3.63) is 11.8 Å². The van der Waals surface area contributed by atoms with Crippen LogP contribution in [0.1, 0.15) is 29.2 Å². The number of carbonyl (C=O) groups excluding carboxylic acids is 1. The zero-order chi connectivity index (χ0) is 11.5. The average Bonchev–Trinajstić information content (AvgIpc) is 2.71. The van der Waals surface area contributed by atoms with Gasteiger partial charge in [-0.3, -0.25) is 4.79 Å². The van der Waals surface area contributed by atoms with Crippen LogP contribution in [0.15, 0.2) is 11.2 Å². The lowest BCUT2D eigenvalue weighted by Gasteiger charge is -2.22. The summed E-state index contributed by atoms with van der Waals surface area (Å²) in [5.74, 6) is 2.24. The molecule has 0 bridgehead atoms. The molecule has 1 amide bonds. The highest BCUT2D eigenvalue weighted by molar-refractivity contribution is 7.99. The van der Waals surface area contributed by atoms with Crippen LogP contribution in [0.2, 0.25) is 0 Å². The smallest absolute Gasteiger partial charge is 0.281 e. The molecule has 1 aromatic rings. The fourth-order valence-corrected chi connectivity index (χ4v) is 2.92. The number of hydrogen-bond acceptors (Lipinski definition) is 4. The minimum atomic E-state index is -0.408. The Morgan fingerprint density at radius 1 is 1.62 bits per heavy atom. The van der Waals surface area contributed by atoms with Crippen LogP contribution < -0.4 is 5.73 Å². The molecule has 6 heteroatoms. The molecular formula is C10H14N4OS. The molecule has 0 aliphatic carbocycles. The zero-order valence-corrected chi connectivity index (χ0v) is 9.74. The zero-order valence-electron chi connectivity index (χ0n) is 8.93. The Balaban J connectivity index is 2.25. The highest BCUT2D eigenvalue weighted by atomic mass is 32.2. The lowest BCUT2D eigenvalue weighted by Crippen LogP contribution is -2.18. The Morgan fingerprint density at radius 3 is 2.94 bits per heavy atom. The topological polar surface area (TPSA) is 73.3 Å².